The molecule has 0 amide bonds. The number of rotatable bonds is 1. The molecule has 2 heterocycles. The normalized spacial score (nSPS) is 8.40. The van der Waals surface area contributed by atoms with E-state index in [-0.39, 0.29) is 11.6 Å². The number of carbonyl (C=O) groups is 2. The van der Waals surface area contributed by atoms with Crippen molar-refractivity contribution in [2.24, 2.45) is 0 Å². The Kier molecular flexibility index (Phi) is 9.31. The van der Waals surface area contributed by atoms with Gasteiger partial charge in [0.1, 0.15) is 11.6 Å². The highest BCUT2D eigenvalue weighted by molar-refractivity contribution is 5.72. The average Bonchev–Trinajstić information content (AvgIpc) is 2.39. The van der Waals surface area contributed by atoms with Crippen molar-refractivity contribution in [3.63, 3.8) is 0 Å². The highest BCUT2D eigenvalue weighted by atomic mass is 16.1. The summed E-state index contributed by atoms with van der Waals surface area (Å²) >= 11 is 0. The third-order valence-electron chi connectivity index (χ3n) is 1.69. The van der Waals surface area contributed by atoms with Crippen molar-refractivity contribution < 1.29 is 9.59 Å². The van der Waals surface area contributed by atoms with Crippen LogP contribution < -0.4 is 0 Å². The summed E-state index contributed by atoms with van der Waals surface area (Å²) in [6.45, 7) is 6.11. The molecule has 0 atom stereocenters. The molecular formula is C16H20N2O2. The predicted molar refractivity (Wildman–Crippen MR) is 80.2 cm³/mol. The summed E-state index contributed by atoms with van der Waals surface area (Å²) in [5, 5.41) is 0. The van der Waals surface area contributed by atoms with Crippen LogP contribution in [0.1, 0.15) is 27.7 Å². The number of aromatic nitrogens is 2. The summed E-state index contributed by atoms with van der Waals surface area (Å²) < 4.78 is 0. The van der Waals surface area contributed by atoms with E-state index in [0.717, 1.165) is 0 Å². The molecular weight excluding hydrogens is 252 g/mol. The van der Waals surface area contributed by atoms with Gasteiger partial charge >= 0.3 is 0 Å². The predicted octanol–water partition coefficient (Wildman–Crippen LogP) is 3.33. The molecule has 0 N–H and O–H groups in total. The molecule has 0 aromatic carbocycles. The van der Waals surface area contributed by atoms with Gasteiger partial charge in [0.2, 0.25) is 0 Å². The molecule has 0 bridgehead atoms. The minimum atomic E-state index is 0.167. The minimum absolute atomic E-state index is 0.167. The SMILES string of the molecule is CC(C)=O.CC(C)=O.c1cc(-c2ccncc2)ccn1. The molecule has 0 aliphatic carbocycles. The summed E-state index contributed by atoms with van der Waals surface area (Å²) in [6.07, 6.45) is 7.15. The molecule has 0 radical (unpaired) electrons. The van der Waals surface area contributed by atoms with Crippen LogP contribution in [-0.2, 0) is 9.59 Å². The van der Waals surface area contributed by atoms with E-state index in [1.54, 1.807) is 24.8 Å². The van der Waals surface area contributed by atoms with Crippen LogP contribution in [0.2, 0.25) is 0 Å². The molecule has 0 spiro atoms. The van der Waals surface area contributed by atoms with Crippen LogP contribution in [0.4, 0.5) is 0 Å². The maximum Gasteiger partial charge on any atom is 0.126 e. The Balaban J connectivity index is 0.000000380. The molecule has 0 unspecified atom stereocenters. The van der Waals surface area contributed by atoms with E-state index in [1.807, 2.05) is 24.3 Å². The number of Topliss-reactive ketones (excluding diaryl/α,β-unsaturated/α-hetero) is 2. The van der Waals surface area contributed by atoms with Crippen LogP contribution in [0, 0.1) is 0 Å². The van der Waals surface area contributed by atoms with Crippen molar-refractivity contribution in [1.82, 2.24) is 9.97 Å². The number of carbonyl (C=O) groups excluding carboxylic acids is 2. The van der Waals surface area contributed by atoms with Gasteiger partial charge in [0.15, 0.2) is 0 Å². The first-order valence-corrected chi connectivity index (χ1v) is 6.18. The lowest BCUT2D eigenvalue weighted by atomic mass is 10.1. The van der Waals surface area contributed by atoms with Crippen molar-refractivity contribution in [3.05, 3.63) is 49.1 Å². The van der Waals surface area contributed by atoms with Crippen molar-refractivity contribution in [2.45, 2.75) is 27.7 Å². The van der Waals surface area contributed by atoms with Gasteiger partial charge in [0, 0.05) is 24.8 Å². The van der Waals surface area contributed by atoms with Crippen molar-refractivity contribution >= 4 is 11.6 Å². The molecule has 106 valence electrons. The Morgan fingerprint density at radius 2 is 0.850 bits per heavy atom. The Morgan fingerprint density at radius 1 is 0.650 bits per heavy atom. The minimum Gasteiger partial charge on any atom is -0.300 e. The summed E-state index contributed by atoms with van der Waals surface area (Å²) in [7, 11) is 0. The molecule has 0 aliphatic heterocycles. The van der Waals surface area contributed by atoms with E-state index in [9.17, 15) is 9.59 Å². The molecule has 2 rings (SSSR count). The van der Waals surface area contributed by atoms with Crippen LogP contribution >= 0.6 is 0 Å². The van der Waals surface area contributed by atoms with E-state index < -0.39 is 0 Å². The second-order valence-corrected chi connectivity index (χ2v) is 4.29. The largest absolute Gasteiger partial charge is 0.300 e. The maximum atomic E-state index is 9.44. The molecule has 4 heteroatoms. The summed E-state index contributed by atoms with van der Waals surface area (Å²) in [5.41, 5.74) is 2.35. The van der Waals surface area contributed by atoms with E-state index in [0.29, 0.717) is 0 Å². The third-order valence-corrected chi connectivity index (χ3v) is 1.69. The van der Waals surface area contributed by atoms with Gasteiger partial charge in [-0.1, -0.05) is 0 Å². The molecule has 0 saturated heterocycles. The van der Waals surface area contributed by atoms with Gasteiger partial charge in [-0.2, -0.15) is 0 Å². The zero-order valence-electron chi connectivity index (χ0n) is 12.3. The Labute approximate surface area is 119 Å². The zero-order valence-corrected chi connectivity index (χ0v) is 12.3. The quantitative estimate of drug-likeness (QED) is 0.799. The van der Waals surface area contributed by atoms with Crippen molar-refractivity contribution in [3.8, 4) is 11.1 Å². The van der Waals surface area contributed by atoms with Gasteiger partial charge in [-0.3, -0.25) is 9.97 Å². The van der Waals surface area contributed by atoms with Gasteiger partial charge in [-0.25, -0.2) is 0 Å². The number of nitrogens with zero attached hydrogens (tertiary/aromatic N) is 2. The van der Waals surface area contributed by atoms with Crippen LogP contribution in [-0.4, -0.2) is 21.5 Å². The number of ketones is 2. The highest BCUT2D eigenvalue weighted by Crippen LogP contribution is 2.15. The Morgan fingerprint density at radius 3 is 1.05 bits per heavy atom. The van der Waals surface area contributed by atoms with Crippen LogP contribution in [0.3, 0.4) is 0 Å². The molecule has 0 fully saturated rings. The third kappa shape index (κ3) is 10.8. The lowest BCUT2D eigenvalue weighted by Gasteiger charge is -1.97. The first-order chi connectivity index (χ1) is 9.43. The summed E-state index contributed by atoms with van der Waals surface area (Å²) in [6, 6.07) is 7.93. The first kappa shape index (κ1) is 17.6. The van der Waals surface area contributed by atoms with E-state index in [1.165, 1.54) is 38.8 Å². The van der Waals surface area contributed by atoms with Crippen LogP contribution in [0.5, 0.6) is 0 Å². The summed E-state index contributed by atoms with van der Waals surface area (Å²) in [5.74, 6) is 0.333. The first-order valence-electron chi connectivity index (χ1n) is 6.18. The van der Waals surface area contributed by atoms with Gasteiger partial charge < -0.3 is 9.59 Å². The standard InChI is InChI=1S/C10H8N2.2C3H6O/c1-5-11-6-2-9(1)10-3-7-12-8-4-10;2*1-3(2)4/h1-8H;2*1-2H3. The van der Waals surface area contributed by atoms with Gasteiger partial charge in [-0.05, 0) is 63.1 Å². The summed E-state index contributed by atoms with van der Waals surface area (Å²) in [4.78, 5) is 26.8. The number of hydrogen-bond donors (Lipinski definition) is 0. The van der Waals surface area contributed by atoms with Crippen LogP contribution in [0.15, 0.2) is 49.1 Å². The molecule has 2 aromatic heterocycles. The van der Waals surface area contributed by atoms with Crippen molar-refractivity contribution in [1.29, 1.82) is 0 Å². The fraction of sp³-hybridized carbons (Fsp3) is 0.250. The van der Waals surface area contributed by atoms with Gasteiger partial charge in [0.05, 0.1) is 0 Å². The maximum absolute atomic E-state index is 9.44. The second-order valence-electron chi connectivity index (χ2n) is 4.29. The smallest absolute Gasteiger partial charge is 0.126 e. The average molecular weight is 272 g/mol. The van der Waals surface area contributed by atoms with Crippen LogP contribution in [0.25, 0.3) is 11.1 Å². The Hall–Kier alpha value is -2.36. The van der Waals surface area contributed by atoms with Crippen molar-refractivity contribution in [2.75, 3.05) is 0 Å². The Bertz CT molecular complexity index is 453. The number of hydrogen-bond acceptors (Lipinski definition) is 4. The van der Waals surface area contributed by atoms with E-state index >= 15 is 0 Å². The number of pyridine rings is 2. The topological polar surface area (TPSA) is 59.9 Å². The second kappa shape index (κ2) is 10.6. The fourth-order valence-corrected chi connectivity index (χ4v) is 1.09. The monoisotopic (exact) mass is 272 g/mol. The van der Waals surface area contributed by atoms with E-state index in [2.05, 4.69) is 9.97 Å². The lowest BCUT2D eigenvalue weighted by molar-refractivity contribution is -0.115. The highest BCUT2D eigenvalue weighted by Gasteiger charge is 1.92. The molecule has 20 heavy (non-hydrogen) atoms. The lowest BCUT2D eigenvalue weighted by Crippen LogP contribution is -1.77. The molecule has 2 aromatic rings. The molecule has 0 aliphatic rings. The zero-order chi connectivity index (χ0) is 15.4. The fourth-order valence-electron chi connectivity index (χ4n) is 1.09. The van der Waals surface area contributed by atoms with Gasteiger partial charge in [0.25, 0.3) is 0 Å². The van der Waals surface area contributed by atoms with E-state index in [4.69, 9.17) is 0 Å². The molecule has 4 nitrogen and oxygen atoms in total. The van der Waals surface area contributed by atoms with Gasteiger partial charge in [-0.15, -0.1) is 0 Å². The molecule has 0 saturated carbocycles.